The summed E-state index contributed by atoms with van der Waals surface area (Å²) >= 11 is 0. The van der Waals surface area contributed by atoms with Crippen molar-refractivity contribution >= 4 is 0 Å². The first-order valence-electron chi connectivity index (χ1n) is 16.7. The van der Waals surface area contributed by atoms with Crippen LogP contribution in [0.2, 0.25) is 0 Å². The molecule has 6 aliphatic rings. The van der Waals surface area contributed by atoms with E-state index in [4.69, 9.17) is 14.2 Å². The molecule has 3 saturated heterocycles. The van der Waals surface area contributed by atoms with Gasteiger partial charge in [-0.1, -0.05) is 111 Å². The number of rotatable bonds is 0. The van der Waals surface area contributed by atoms with Gasteiger partial charge in [-0.05, 0) is 75.0 Å². The highest BCUT2D eigenvalue weighted by atomic mass is 16.5. The molecule has 7 rings (SSSR count). The molecule has 3 heteroatoms. The summed E-state index contributed by atoms with van der Waals surface area (Å²) in [5.74, 6) is 3.98. The maximum absolute atomic E-state index is 5.63. The molecule has 3 saturated carbocycles. The maximum atomic E-state index is 5.63. The van der Waals surface area contributed by atoms with Gasteiger partial charge in [0.1, 0.15) is 0 Å². The number of hydrogen-bond acceptors (Lipinski definition) is 3. The molecule has 1 aromatic carbocycles. The molecular formula is C35H66O3. The van der Waals surface area contributed by atoms with Crippen molar-refractivity contribution < 1.29 is 14.2 Å². The van der Waals surface area contributed by atoms with E-state index in [0.717, 1.165) is 50.1 Å². The van der Waals surface area contributed by atoms with Crippen molar-refractivity contribution in [2.24, 2.45) is 23.7 Å². The molecule has 0 amide bonds. The fourth-order valence-electron chi connectivity index (χ4n) is 6.12. The van der Waals surface area contributed by atoms with Crippen molar-refractivity contribution in [2.45, 2.75) is 138 Å². The number of benzene rings is 1. The summed E-state index contributed by atoms with van der Waals surface area (Å²) in [6.45, 7) is 20.1. The number of ether oxygens (including phenoxy) is 3. The third-order valence-electron chi connectivity index (χ3n) is 7.71. The second-order valence-electron chi connectivity index (χ2n) is 10.0. The molecule has 3 aliphatic heterocycles. The summed E-state index contributed by atoms with van der Waals surface area (Å²) < 4.78 is 16.3. The normalized spacial score (nSPS) is 30.3. The van der Waals surface area contributed by atoms with Gasteiger partial charge in [0.25, 0.3) is 0 Å². The molecule has 6 atom stereocenters. The van der Waals surface area contributed by atoms with Gasteiger partial charge < -0.3 is 14.2 Å². The van der Waals surface area contributed by atoms with Crippen LogP contribution >= 0.6 is 0 Å². The summed E-state index contributed by atoms with van der Waals surface area (Å²) in [7, 11) is 0. The molecule has 3 aliphatic carbocycles. The van der Waals surface area contributed by atoms with E-state index in [9.17, 15) is 0 Å². The summed E-state index contributed by atoms with van der Waals surface area (Å²) in [5.41, 5.74) is 0. The van der Waals surface area contributed by atoms with Crippen LogP contribution in [0.3, 0.4) is 0 Å². The van der Waals surface area contributed by atoms with Gasteiger partial charge in [0.2, 0.25) is 0 Å². The highest BCUT2D eigenvalue weighted by Crippen LogP contribution is 2.53. The van der Waals surface area contributed by atoms with E-state index < -0.39 is 0 Å². The van der Waals surface area contributed by atoms with Crippen LogP contribution in [0, 0.1) is 23.7 Å². The second kappa shape index (κ2) is 26.3. The molecule has 1 aromatic rings. The highest BCUT2D eigenvalue weighted by molar-refractivity contribution is 5.00. The summed E-state index contributed by atoms with van der Waals surface area (Å²) in [6, 6.07) is 12.0. The van der Waals surface area contributed by atoms with E-state index in [1.54, 1.807) is 0 Å². The van der Waals surface area contributed by atoms with Crippen molar-refractivity contribution in [3.05, 3.63) is 36.4 Å². The van der Waals surface area contributed by atoms with Gasteiger partial charge in [-0.25, -0.2) is 0 Å². The molecule has 6 fully saturated rings. The molecular weight excluding hydrogens is 468 g/mol. The van der Waals surface area contributed by atoms with Crippen molar-refractivity contribution in [2.75, 3.05) is 26.4 Å². The Morgan fingerprint density at radius 1 is 0.500 bits per heavy atom. The molecule has 0 radical (unpaired) electrons. The summed E-state index contributed by atoms with van der Waals surface area (Å²) in [5, 5.41) is 0. The van der Waals surface area contributed by atoms with E-state index in [2.05, 4.69) is 0 Å². The molecule has 4 bridgehead atoms. The Balaban J connectivity index is 0.000000445. The lowest BCUT2D eigenvalue weighted by molar-refractivity contribution is 0.102. The van der Waals surface area contributed by atoms with Crippen molar-refractivity contribution in [3.8, 4) is 0 Å². The zero-order chi connectivity index (χ0) is 28.4. The van der Waals surface area contributed by atoms with Gasteiger partial charge in [-0.15, -0.1) is 0 Å². The summed E-state index contributed by atoms with van der Waals surface area (Å²) in [4.78, 5) is 0. The average molecular weight is 535 g/mol. The molecule has 224 valence electrons. The van der Waals surface area contributed by atoms with Crippen LogP contribution in [0.1, 0.15) is 126 Å². The zero-order valence-electron chi connectivity index (χ0n) is 26.8. The molecule has 38 heavy (non-hydrogen) atoms. The van der Waals surface area contributed by atoms with E-state index in [1.807, 2.05) is 91.8 Å². The monoisotopic (exact) mass is 535 g/mol. The smallest absolute Gasteiger partial charge is 0.0609 e. The fourth-order valence-corrected chi connectivity index (χ4v) is 6.12. The van der Waals surface area contributed by atoms with Crippen LogP contribution in [0.25, 0.3) is 0 Å². The van der Waals surface area contributed by atoms with Crippen molar-refractivity contribution in [1.82, 2.24) is 0 Å². The molecule has 0 spiro atoms. The number of hydrogen-bond donors (Lipinski definition) is 0. The predicted octanol–water partition coefficient (Wildman–Crippen LogP) is 10.4. The minimum atomic E-state index is 0.661. The SMILES string of the molecule is C1CC2COC(C1)C2.C1CCCOCC1.C1OC2CC3CC1C2C3.CC.CC.CC.CC.c1ccccc1. The molecule has 3 heterocycles. The van der Waals surface area contributed by atoms with Crippen LogP contribution in [-0.2, 0) is 14.2 Å². The Labute approximate surface area is 238 Å². The first kappa shape index (κ1) is 37.1. The largest absolute Gasteiger partial charge is 0.381 e. The van der Waals surface area contributed by atoms with Crippen LogP contribution in [0.15, 0.2) is 36.4 Å². The standard InChI is InChI=1S/C8H12O.C7H12O.C6H12O.C6H6.4C2H6/c1-5-2-7-6(1)4-9-8(7)3-5;1-2-6-4-7(3-1)8-5-6;1-2-4-6-7-5-3-1;1-2-4-6-5-3-1;4*1-2/h5-8H,1-4H2;6-7H,1-5H2;1-6H2;1-6H;4*1-2H3. The topological polar surface area (TPSA) is 27.7 Å². The fraction of sp³-hybridized carbons (Fsp3) is 0.829. The average Bonchev–Trinajstić information content (AvgIpc) is 3.67. The van der Waals surface area contributed by atoms with E-state index in [-0.39, 0.29) is 0 Å². The van der Waals surface area contributed by atoms with Crippen molar-refractivity contribution in [1.29, 1.82) is 0 Å². The Kier molecular flexibility index (Phi) is 25.7. The maximum Gasteiger partial charge on any atom is 0.0609 e. The third-order valence-corrected chi connectivity index (χ3v) is 7.71. The first-order chi connectivity index (χ1) is 18.9. The lowest BCUT2D eigenvalue weighted by Gasteiger charge is -2.14. The highest BCUT2D eigenvalue weighted by Gasteiger charge is 2.50. The molecule has 0 N–H and O–H groups in total. The van der Waals surface area contributed by atoms with E-state index >= 15 is 0 Å². The van der Waals surface area contributed by atoms with Gasteiger partial charge in [0.05, 0.1) is 18.8 Å². The third kappa shape index (κ3) is 15.0. The van der Waals surface area contributed by atoms with Crippen molar-refractivity contribution in [3.63, 3.8) is 0 Å². The quantitative estimate of drug-likeness (QED) is 0.331. The Morgan fingerprint density at radius 3 is 1.53 bits per heavy atom. The van der Waals surface area contributed by atoms with E-state index in [0.29, 0.717) is 12.2 Å². The van der Waals surface area contributed by atoms with Crippen LogP contribution in [0.4, 0.5) is 0 Å². The van der Waals surface area contributed by atoms with E-state index in [1.165, 1.54) is 70.6 Å². The van der Waals surface area contributed by atoms with Crippen LogP contribution in [0.5, 0.6) is 0 Å². The van der Waals surface area contributed by atoms with Gasteiger partial charge in [-0.3, -0.25) is 0 Å². The van der Waals surface area contributed by atoms with Crippen LogP contribution in [-0.4, -0.2) is 38.6 Å². The Hall–Kier alpha value is -0.900. The summed E-state index contributed by atoms with van der Waals surface area (Å²) in [6.07, 6.45) is 16.6. The Morgan fingerprint density at radius 2 is 1.08 bits per heavy atom. The van der Waals surface area contributed by atoms with Crippen LogP contribution < -0.4 is 0 Å². The Bertz CT molecular complexity index is 501. The predicted molar refractivity (Wildman–Crippen MR) is 167 cm³/mol. The molecule has 6 unspecified atom stereocenters. The van der Waals surface area contributed by atoms with Gasteiger partial charge in [0.15, 0.2) is 0 Å². The van der Waals surface area contributed by atoms with Gasteiger partial charge in [-0.2, -0.15) is 0 Å². The minimum absolute atomic E-state index is 0.661. The van der Waals surface area contributed by atoms with Gasteiger partial charge >= 0.3 is 0 Å². The lowest BCUT2D eigenvalue weighted by Crippen LogP contribution is -2.14. The number of fused-ring (bicyclic) bond motifs is 3. The second-order valence-corrected chi connectivity index (χ2v) is 10.0. The molecule has 3 nitrogen and oxygen atoms in total. The molecule has 0 aromatic heterocycles. The van der Waals surface area contributed by atoms with Gasteiger partial charge in [0, 0.05) is 19.8 Å². The lowest BCUT2D eigenvalue weighted by atomic mass is 9.90. The first-order valence-corrected chi connectivity index (χ1v) is 16.7. The zero-order valence-corrected chi connectivity index (χ0v) is 26.8. The minimum Gasteiger partial charge on any atom is -0.381 e.